The number of likely N-dealkylation sites (tertiary alicyclic amines) is 1. The van der Waals surface area contributed by atoms with E-state index in [0.29, 0.717) is 39.9 Å². The van der Waals surface area contributed by atoms with E-state index < -0.39 is 12.6 Å². The molecule has 2 N–H and O–H groups in total. The third kappa shape index (κ3) is 6.79. The Morgan fingerprint density at radius 1 is 1.20 bits per heavy atom. The maximum absolute atomic E-state index is 13.0. The van der Waals surface area contributed by atoms with Crippen LogP contribution in [0.5, 0.6) is 0 Å². The minimum Gasteiger partial charge on any atom is -0.367 e. The second-order valence-corrected chi connectivity index (χ2v) is 13.6. The normalized spacial score (nSPS) is 24.8. The molecule has 3 atom stereocenters. The van der Waals surface area contributed by atoms with E-state index >= 15 is 0 Å². The predicted molar refractivity (Wildman–Crippen MR) is 165 cm³/mol. The van der Waals surface area contributed by atoms with Gasteiger partial charge in [0.05, 0.1) is 11.8 Å². The number of amides is 1. The molecule has 2 saturated heterocycles. The highest BCUT2D eigenvalue weighted by Gasteiger charge is 2.37. The van der Waals surface area contributed by atoms with Crippen LogP contribution in [-0.4, -0.2) is 70.6 Å². The summed E-state index contributed by atoms with van der Waals surface area (Å²) in [5.41, 5.74) is 3.24. The fourth-order valence-corrected chi connectivity index (χ4v) is 8.06. The Hall–Kier alpha value is -3.43. The van der Waals surface area contributed by atoms with Crippen LogP contribution in [0.15, 0.2) is 41.3 Å². The summed E-state index contributed by atoms with van der Waals surface area (Å²) in [6.45, 7) is 8.17. The van der Waals surface area contributed by atoms with Crippen LogP contribution in [0.1, 0.15) is 49.7 Å². The lowest BCUT2D eigenvalue weighted by Crippen LogP contribution is -2.41. The summed E-state index contributed by atoms with van der Waals surface area (Å²) in [7, 11) is 0. The minimum atomic E-state index is -4.26. The molecular weight excluding hydrogens is 587 g/mol. The quantitative estimate of drug-likeness (QED) is 0.389. The number of carbonyl (C=O) groups is 1. The molecule has 12 heteroatoms. The smallest absolute Gasteiger partial charge is 0.367 e. The molecule has 4 aliphatic rings. The lowest BCUT2D eigenvalue weighted by Gasteiger charge is -2.36. The first-order chi connectivity index (χ1) is 21.1. The van der Waals surface area contributed by atoms with Crippen molar-refractivity contribution in [2.24, 2.45) is 17.8 Å². The number of fused-ring (bicyclic) bond motifs is 2. The molecule has 2 fully saturated rings. The summed E-state index contributed by atoms with van der Waals surface area (Å²) in [5.74, 6) is 2.10. The summed E-state index contributed by atoms with van der Waals surface area (Å²) in [6, 6.07) is 4.16. The number of hydrogen-bond acceptors (Lipinski definition) is 8. The summed E-state index contributed by atoms with van der Waals surface area (Å²) >= 11 is 1.08. The average molecular weight is 626 g/mol. The number of aryl methyl sites for hydroxylation is 1. The van der Waals surface area contributed by atoms with Gasteiger partial charge < -0.3 is 15.5 Å². The zero-order valence-corrected chi connectivity index (χ0v) is 25.9. The van der Waals surface area contributed by atoms with E-state index in [4.69, 9.17) is 0 Å². The molecule has 1 amide bonds. The van der Waals surface area contributed by atoms with Gasteiger partial charge in [0.1, 0.15) is 28.2 Å². The van der Waals surface area contributed by atoms with Crippen molar-refractivity contribution in [2.45, 2.75) is 64.6 Å². The molecule has 2 aromatic rings. The molecule has 0 spiro atoms. The van der Waals surface area contributed by atoms with E-state index in [1.807, 2.05) is 0 Å². The van der Waals surface area contributed by atoms with Crippen LogP contribution in [0.2, 0.25) is 0 Å². The highest BCUT2D eigenvalue weighted by Crippen LogP contribution is 2.42. The van der Waals surface area contributed by atoms with Crippen LogP contribution in [-0.2, 0) is 11.2 Å². The number of alkyl halides is 3. The molecule has 0 saturated carbocycles. The maximum atomic E-state index is 13.0. The molecule has 1 aliphatic carbocycles. The van der Waals surface area contributed by atoms with E-state index in [2.05, 4.69) is 61.6 Å². The molecule has 6 rings (SSSR count). The molecular formula is C32H38F3N7OS. The monoisotopic (exact) mass is 625 g/mol. The highest BCUT2D eigenvalue weighted by atomic mass is 32.1. The molecule has 3 unspecified atom stereocenters. The van der Waals surface area contributed by atoms with E-state index in [1.165, 1.54) is 11.3 Å². The van der Waals surface area contributed by atoms with Crippen molar-refractivity contribution in [1.29, 1.82) is 5.26 Å². The Bertz CT molecular complexity index is 1550. The van der Waals surface area contributed by atoms with E-state index in [1.54, 1.807) is 13.0 Å². The van der Waals surface area contributed by atoms with Crippen molar-refractivity contribution in [3.05, 3.63) is 52.0 Å². The molecule has 0 aromatic carbocycles. The summed E-state index contributed by atoms with van der Waals surface area (Å²) < 4.78 is 39.0. The molecule has 5 heterocycles. The molecule has 3 aliphatic heterocycles. The Kier molecular flexibility index (Phi) is 8.70. The number of nitrogens with one attached hydrogen (secondary N) is 2. The summed E-state index contributed by atoms with van der Waals surface area (Å²) in [6.07, 6.45) is 5.56. The molecule has 0 radical (unpaired) electrons. The number of hydrogen-bond donors (Lipinski definition) is 2. The number of anilines is 1. The SMILES string of the molecule is Cc1nc(NC2CCN(CC3=CC=C4C(C=C(C#N)N4CCC4CCNC(=O)C4)C3C)CC2)c2cc(CC(F)(F)F)sc2n1. The van der Waals surface area contributed by atoms with Crippen LogP contribution in [0.3, 0.4) is 0 Å². The number of aromatic nitrogens is 2. The van der Waals surface area contributed by atoms with Gasteiger partial charge in [-0.1, -0.05) is 18.6 Å². The molecule has 234 valence electrons. The predicted octanol–water partition coefficient (Wildman–Crippen LogP) is 5.70. The zero-order chi connectivity index (χ0) is 31.0. The van der Waals surface area contributed by atoms with Crippen molar-refractivity contribution in [2.75, 3.05) is 38.0 Å². The van der Waals surface area contributed by atoms with Crippen LogP contribution < -0.4 is 10.6 Å². The Labute approximate surface area is 259 Å². The third-order valence-electron chi connectivity index (χ3n) is 9.36. The Morgan fingerprint density at radius 3 is 2.73 bits per heavy atom. The summed E-state index contributed by atoms with van der Waals surface area (Å²) in [4.78, 5) is 26.2. The number of carbonyl (C=O) groups excluding carboxylic acids is 1. The number of thiophene rings is 1. The van der Waals surface area contributed by atoms with Gasteiger partial charge in [-0.2, -0.15) is 18.4 Å². The molecule has 44 heavy (non-hydrogen) atoms. The standard InChI is InChI=1S/C32H38F3N7OS/c1-19-22(3-4-28-26(19)14-24(17-36)42(28)12-6-21-5-9-37-29(43)13-21)18-41-10-7-23(8-11-41)40-30-27-15-25(16-32(33,34)35)44-31(27)39-20(2)38-30/h3-4,14-15,19,21,23,26H,5-13,16,18H2,1-2H3,(H,37,43)(H,38,39,40). The number of allylic oxidation sites excluding steroid dienone is 4. The van der Waals surface area contributed by atoms with Gasteiger partial charge in [-0.3, -0.25) is 9.69 Å². The van der Waals surface area contributed by atoms with Gasteiger partial charge >= 0.3 is 6.18 Å². The molecule has 0 bridgehead atoms. The van der Waals surface area contributed by atoms with Crippen molar-refractivity contribution in [3.8, 4) is 6.07 Å². The number of rotatable bonds is 8. The first-order valence-electron chi connectivity index (χ1n) is 15.5. The first-order valence-corrected chi connectivity index (χ1v) is 16.3. The van der Waals surface area contributed by atoms with Gasteiger partial charge in [-0.15, -0.1) is 11.3 Å². The van der Waals surface area contributed by atoms with Gasteiger partial charge in [-0.05, 0) is 62.7 Å². The fraction of sp³-hybridized carbons (Fsp3) is 0.562. The second-order valence-electron chi connectivity index (χ2n) is 12.5. The van der Waals surface area contributed by atoms with E-state index in [-0.39, 0.29) is 28.7 Å². The number of halogens is 3. The van der Waals surface area contributed by atoms with Crippen LogP contribution in [0.25, 0.3) is 10.2 Å². The van der Waals surface area contributed by atoms with Crippen molar-refractivity contribution >= 4 is 33.3 Å². The van der Waals surface area contributed by atoms with Gasteiger partial charge in [0, 0.05) is 61.7 Å². The molecule has 8 nitrogen and oxygen atoms in total. The summed E-state index contributed by atoms with van der Waals surface area (Å²) in [5, 5.41) is 17.0. The minimum absolute atomic E-state index is 0.122. The van der Waals surface area contributed by atoms with Crippen LogP contribution in [0, 0.1) is 36.0 Å². The lowest BCUT2D eigenvalue weighted by atomic mass is 9.81. The lowest BCUT2D eigenvalue weighted by molar-refractivity contribution is -0.126. The van der Waals surface area contributed by atoms with Gasteiger partial charge in [-0.25, -0.2) is 9.97 Å². The second kappa shape index (κ2) is 12.5. The number of piperidine rings is 2. The maximum Gasteiger partial charge on any atom is 0.393 e. The topological polar surface area (TPSA) is 97.2 Å². The van der Waals surface area contributed by atoms with Crippen molar-refractivity contribution in [1.82, 2.24) is 25.1 Å². The largest absolute Gasteiger partial charge is 0.393 e. The Morgan fingerprint density at radius 2 is 2.00 bits per heavy atom. The number of nitriles is 1. The van der Waals surface area contributed by atoms with Gasteiger partial charge in [0.15, 0.2) is 0 Å². The third-order valence-corrected chi connectivity index (χ3v) is 10.4. The van der Waals surface area contributed by atoms with Crippen LogP contribution in [0.4, 0.5) is 19.0 Å². The van der Waals surface area contributed by atoms with Gasteiger partial charge in [0.25, 0.3) is 0 Å². The molecule has 2 aromatic heterocycles. The zero-order valence-electron chi connectivity index (χ0n) is 25.1. The van der Waals surface area contributed by atoms with E-state index in [9.17, 15) is 23.2 Å². The Balaban J connectivity index is 1.06. The van der Waals surface area contributed by atoms with Crippen molar-refractivity contribution < 1.29 is 18.0 Å². The van der Waals surface area contributed by atoms with E-state index in [0.717, 1.165) is 69.7 Å². The average Bonchev–Trinajstić information content (AvgIpc) is 3.54. The highest BCUT2D eigenvalue weighted by molar-refractivity contribution is 7.18. The van der Waals surface area contributed by atoms with Crippen LogP contribution >= 0.6 is 11.3 Å². The number of nitrogens with zero attached hydrogens (tertiary/aromatic N) is 5. The van der Waals surface area contributed by atoms with Gasteiger partial charge in [0.2, 0.25) is 5.91 Å². The fourth-order valence-electron chi connectivity index (χ4n) is 6.95. The van der Waals surface area contributed by atoms with Crippen molar-refractivity contribution in [3.63, 3.8) is 0 Å². The first kappa shape index (κ1) is 30.6.